The lowest BCUT2D eigenvalue weighted by Crippen LogP contribution is -2.48. The first-order valence-corrected chi connectivity index (χ1v) is 6.65. The van der Waals surface area contributed by atoms with Gasteiger partial charge in [0, 0.05) is 32.2 Å². The maximum atomic E-state index is 5.94. The number of nitrogens with one attached hydrogen (secondary N) is 1. The summed E-state index contributed by atoms with van der Waals surface area (Å²) in [4.78, 5) is 0. The molecule has 0 bridgehead atoms. The van der Waals surface area contributed by atoms with Crippen LogP contribution in [-0.4, -0.2) is 38.0 Å². The molecule has 2 heterocycles. The van der Waals surface area contributed by atoms with E-state index in [-0.39, 0.29) is 5.60 Å². The van der Waals surface area contributed by atoms with E-state index >= 15 is 0 Å². The van der Waals surface area contributed by atoms with Crippen LogP contribution in [-0.2, 0) is 9.47 Å². The average Bonchev–Trinajstić information content (AvgIpc) is 2.86. The van der Waals surface area contributed by atoms with Crippen molar-refractivity contribution in [1.82, 2.24) is 5.32 Å². The zero-order valence-corrected chi connectivity index (χ0v) is 10.3. The summed E-state index contributed by atoms with van der Waals surface area (Å²) in [6.07, 6.45) is 6.19. The predicted octanol–water partition coefficient (Wildman–Crippen LogP) is 1.71. The average molecular weight is 225 g/mol. The molecule has 0 aromatic heterocycles. The normalized spacial score (nSPS) is 41.4. The molecule has 3 heteroatoms. The molecule has 1 spiro atoms. The van der Waals surface area contributed by atoms with Crippen molar-refractivity contribution < 1.29 is 9.47 Å². The summed E-state index contributed by atoms with van der Waals surface area (Å²) in [5.41, 5.74) is 0.665. The monoisotopic (exact) mass is 225 g/mol. The van der Waals surface area contributed by atoms with Crippen LogP contribution < -0.4 is 5.32 Å². The molecule has 2 unspecified atom stereocenters. The van der Waals surface area contributed by atoms with Crippen molar-refractivity contribution in [1.29, 1.82) is 0 Å². The van der Waals surface area contributed by atoms with Gasteiger partial charge in [0.2, 0.25) is 0 Å². The van der Waals surface area contributed by atoms with Crippen LogP contribution in [0.2, 0.25) is 0 Å². The van der Waals surface area contributed by atoms with Crippen LogP contribution in [0.3, 0.4) is 0 Å². The Labute approximate surface area is 97.9 Å². The van der Waals surface area contributed by atoms with Crippen molar-refractivity contribution in [3.8, 4) is 0 Å². The Morgan fingerprint density at radius 1 is 1.25 bits per heavy atom. The fourth-order valence-electron chi connectivity index (χ4n) is 2.85. The molecule has 3 nitrogen and oxygen atoms in total. The van der Waals surface area contributed by atoms with E-state index in [0.717, 1.165) is 39.1 Å². The Morgan fingerprint density at radius 2 is 2.12 bits per heavy atom. The highest BCUT2D eigenvalue weighted by Crippen LogP contribution is 2.44. The van der Waals surface area contributed by atoms with Gasteiger partial charge >= 0.3 is 0 Å². The van der Waals surface area contributed by atoms with Crippen molar-refractivity contribution in [2.45, 2.75) is 50.7 Å². The highest BCUT2D eigenvalue weighted by molar-refractivity contribution is 4.95. The van der Waals surface area contributed by atoms with Crippen LogP contribution in [0.1, 0.15) is 39.0 Å². The maximum absolute atomic E-state index is 5.94. The van der Waals surface area contributed by atoms with E-state index in [9.17, 15) is 0 Å². The van der Waals surface area contributed by atoms with Gasteiger partial charge in [0.15, 0.2) is 0 Å². The van der Waals surface area contributed by atoms with E-state index in [4.69, 9.17) is 9.47 Å². The van der Waals surface area contributed by atoms with Crippen LogP contribution in [0.5, 0.6) is 0 Å². The molecule has 92 valence electrons. The van der Waals surface area contributed by atoms with Crippen LogP contribution >= 0.6 is 0 Å². The van der Waals surface area contributed by atoms with Gasteiger partial charge in [-0.25, -0.2) is 0 Å². The van der Waals surface area contributed by atoms with Crippen molar-refractivity contribution >= 4 is 0 Å². The van der Waals surface area contributed by atoms with E-state index < -0.39 is 0 Å². The van der Waals surface area contributed by atoms with Gasteiger partial charge in [0.05, 0.1) is 12.2 Å². The molecule has 1 aliphatic carbocycles. The summed E-state index contributed by atoms with van der Waals surface area (Å²) in [5, 5.41) is 3.74. The molecule has 0 aromatic carbocycles. The van der Waals surface area contributed by atoms with E-state index in [2.05, 4.69) is 12.2 Å². The standard InChI is InChI=1S/C13H23NO2/c1-12(3-4-12)9-14-11-2-6-16-13(8-11)5-7-15-10-13/h11,14H,2-10H2,1H3. The van der Waals surface area contributed by atoms with Crippen LogP contribution in [0, 0.1) is 5.41 Å². The first kappa shape index (κ1) is 11.0. The van der Waals surface area contributed by atoms with Crippen molar-refractivity contribution in [3.63, 3.8) is 0 Å². The SMILES string of the molecule is CC1(CNC2CCOC3(CCOC3)C2)CC1. The van der Waals surface area contributed by atoms with Crippen molar-refractivity contribution in [2.24, 2.45) is 5.41 Å². The zero-order chi connectivity index (χ0) is 11.1. The van der Waals surface area contributed by atoms with Crippen LogP contribution in [0.25, 0.3) is 0 Å². The lowest BCUT2D eigenvalue weighted by atomic mass is 9.89. The molecule has 0 radical (unpaired) electrons. The predicted molar refractivity (Wildman–Crippen MR) is 62.5 cm³/mol. The Morgan fingerprint density at radius 3 is 2.81 bits per heavy atom. The third-order valence-corrected chi connectivity index (χ3v) is 4.48. The minimum absolute atomic E-state index is 0.0559. The first-order valence-electron chi connectivity index (χ1n) is 6.65. The number of hydrogen-bond acceptors (Lipinski definition) is 3. The van der Waals surface area contributed by atoms with Crippen LogP contribution in [0.4, 0.5) is 0 Å². The van der Waals surface area contributed by atoms with Gasteiger partial charge in [-0.15, -0.1) is 0 Å². The summed E-state index contributed by atoms with van der Waals surface area (Å²) in [6.45, 7) is 6.16. The molecule has 3 aliphatic rings. The van der Waals surface area contributed by atoms with E-state index in [1.54, 1.807) is 0 Å². The molecule has 2 saturated heterocycles. The fourth-order valence-corrected chi connectivity index (χ4v) is 2.85. The smallest absolute Gasteiger partial charge is 0.0951 e. The topological polar surface area (TPSA) is 30.5 Å². The lowest BCUT2D eigenvalue weighted by molar-refractivity contribution is -0.0896. The lowest BCUT2D eigenvalue weighted by Gasteiger charge is -2.37. The van der Waals surface area contributed by atoms with Gasteiger partial charge in [0.1, 0.15) is 0 Å². The van der Waals surface area contributed by atoms with Gasteiger partial charge in [-0.05, 0) is 31.1 Å². The first-order chi connectivity index (χ1) is 7.70. The molecular weight excluding hydrogens is 202 g/mol. The van der Waals surface area contributed by atoms with E-state index in [1.807, 2.05) is 0 Å². The van der Waals surface area contributed by atoms with Gasteiger partial charge in [0.25, 0.3) is 0 Å². The molecule has 3 fully saturated rings. The number of rotatable bonds is 3. The minimum Gasteiger partial charge on any atom is -0.378 e. The second kappa shape index (κ2) is 3.97. The molecule has 0 aromatic rings. The summed E-state index contributed by atoms with van der Waals surface area (Å²) in [6, 6.07) is 0.646. The zero-order valence-electron chi connectivity index (χ0n) is 10.3. The molecular formula is C13H23NO2. The molecule has 2 atom stereocenters. The second-order valence-electron chi connectivity index (χ2n) is 6.22. The third kappa shape index (κ3) is 2.27. The summed E-state index contributed by atoms with van der Waals surface area (Å²) in [7, 11) is 0. The van der Waals surface area contributed by atoms with E-state index in [0.29, 0.717) is 11.5 Å². The van der Waals surface area contributed by atoms with Crippen LogP contribution in [0.15, 0.2) is 0 Å². The highest BCUT2D eigenvalue weighted by Gasteiger charge is 2.42. The Balaban J connectivity index is 1.51. The summed E-state index contributed by atoms with van der Waals surface area (Å²) in [5.74, 6) is 0. The van der Waals surface area contributed by atoms with Gasteiger partial charge in [-0.2, -0.15) is 0 Å². The molecule has 0 amide bonds. The molecule has 1 N–H and O–H groups in total. The highest BCUT2D eigenvalue weighted by atomic mass is 16.6. The summed E-state index contributed by atoms with van der Waals surface area (Å²) < 4.78 is 11.4. The Hall–Kier alpha value is -0.120. The summed E-state index contributed by atoms with van der Waals surface area (Å²) >= 11 is 0. The largest absolute Gasteiger partial charge is 0.378 e. The maximum Gasteiger partial charge on any atom is 0.0951 e. The molecule has 2 aliphatic heterocycles. The van der Waals surface area contributed by atoms with Gasteiger partial charge in [-0.1, -0.05) is 6.92 Å². The minimum atomic E-state index is 0.0559. The molecule has 3 rings (SSSR count). The number of hydrogen-bond donors (Lipinski definition) is 1. The third-order valence-electron chi connectivity index (χ3n) is 4.48. The van der Waals surface area contributed by atoms with E-state index in [1.165, 1.54) is 19.4 Å². The fraction of sp³-hybridized carbons (Fsp3) is 1.00. The molecule has 16 heavy (non-hydrogen) atoms. The van der Waals surface area contributed by atoms with Gasteiger partial charge in [-0.3, -0.25) is 0 Å². The molecule has 1 saturated carbocycles. The Bertz CT molecular complexity index is 257. The van der Waals surface area contributed by atoms with Gasteiger partial charge < -0.3 is 14.8 Å². The Kier molecular flexibility index (Phi) is 2.73. The second-order valence-corrected chi connectivity index (χ2v) is 6.22. The quantitative estimate of drug-likeness (QED) is 0.793. The van der Waals surface area contributed by atoms with Crippen molar-refractivity contribution in [3.05, 3.63) is 0 Å². The van der Waals surface area contributed by atoms with Crippen molar-refractivity contribution in [2.75, 3.05) is 26.4 Å². The number of ether oxygens (including phenoxy) is 2.